The van der Waals surface area contributed by atoms with Gasteiger partial charge in [0, 0.05) is 40.4 Å². The second-order valence-corrected chi connectivity index (χ2v) is 12.2. The molecule has 3 rings (SSSR count). The molecule has 1 saturated carbocycles. The number of amides is 3. The molecule has 0 unspecified atom stereocenters. The second-order valence-electron chi connectivity index (χ2n) is 12.2. The standard InChI is InChI=1S/C26H47N5O10.C2H2O4/c1-12(32)29-17-8-7-15(10-31(6)14(3)34)39-24(17)41-22-18(30-13(2)33)9-16(27)21(19(22)35)40-25-20(36)23(28-5)26(4,37)11-38-25;3-1(4)2(5)6/h15-25,28,35-37H,7-11,27H2,1-6H3,(H,29,32)(H,30,33);(H,3,4)(H,5,6)/t15-,16+,17+,18-,19+,20+,21-,22+,23+,24+,25+,26-;/m0./s1. The number of hydrogen-bond donors (Lipinski definition) is 9. The van der Waals surface area contributed by atoms with E-state index in [1.807, 2.05) is 0 Å². The van der Waals surface area contributed by atoms with Gasteiger partial charge in [-0.25, -0.2) is 9.59 Å². The molecule has 3 aliphatic rings. The largest absolute Gasteiger partial charge is 0.473 e. The van der Waals surface area contributed by atoms with Crippen molar-refractivity contribution in [3.05, 3.63) is 0 Å². The molecule has 0 aromatic heterocycles. The lowest BCUT2D eigenvalue weighted by atomic mass is 9.83. The van der Waals surface area contributed by atoms with Crippen molar-refractivity contribution in [3.63, 3.8) is 0 Å². The Hall–Kier alpha value is -3.01. The average molecular weight is 680 g/mol. The monoisotopic (exact) mass is 679 g/mol. The summed E-state index contributed by atoms with van der Waals surface area (Å²) in [6.45, 7) is 5.83. The van der Waals surface area contributed by atoms with Crippen molar-refractivity contribution in [3.8, 4) is 0 Å². The Morgan fingerprint density at radius 3 is 1.98 bits per heavy atom. The predicted molar refractivity (Wildman–Crippen MR) is 159 cm³/mol. The lowest BCUT2D eigenvalue weighted by Gasteiger charge is -2.49. The number of aliphatic hydroxyl groups is 3. The van der Waals surface area contributed by atoms with Crippen molar-refractivity contribution in [1.82, 2.24) is 20.9 Å². The molecule has 0 radical (unpaired) electrons. The SMILES string of the molecule is CN[C@@H]1[C@@H](O)[C@@H](O[C@@H]2[C@@H](O)[C@H](O[C@H]3O[C@H](CN(C)C(C)=O)CC[C@H]3NC(C)=O)[C@@H](NC(C)=O)C[C@H]2N)OC[C@]1(C)O.O=C(O)C(=O)O. The van der Waals surface area contributed by atoms with E-state index in [1.165, 1.54) is 32.6 Å². The summed E-state index contributed by atoms with van der Waals surface area (Å²) in [4.78, 5) is 55.5. The van der Waals surface area contributed by atoms with Gasteiger partial charge in [0.1, 0.15) is 30.0 Å². The number of hydrogen-bond acceptors (Lipinski definition) is 14. The van der Waals surface area contributed by atoms with E-state index in [4.69, 9.17) is 44.5 Å². The third-order valence-corrected chi connectivity index (χ3v) is 8.17. The van der Waals surface area contributed by atoms with Gasteiger partial charge in [-0.15, -0.1) is 0 Å². The van der Waals surface area contributed by atoms with Crippen molar-refractivity contribution < 1.29 is 68.5 Å². The number of carboxylic acids is 2. The predicted octanol–water partition coefficient (Wildman–Crippen LogP) is -3.95. The summed E-state index contributed by atoms with van der Waals surface area (Å²) in [5, 5.41) is 56.2. The van der Waals surface area contributed by atoms with Crippen LogP contribution in [0.2, 0.25) is 0 Å². The van der Waals surface area contributed by atoms with Crippen LogP contribution < -0.4 is 21.7 Å². The molecule has 0 spiro atoms. The minimum Gasteiger partial charge on any atom is -0.473 e. The van der Waals surface area contributed by atoms with Gasteiger partial charge < -0.3 is 71.1 Å². The van der Waals surface area contributed by atoms with Crippen LogP contribution in [-0.2, 0) is 42.9 Å². The average Bonchev–Trinajstić information content (AvgIpc) is 2.95. The number of likely N-dealkylation sites (N-methyl/N-ethyl adjacent to an activating group) is 2. The first-order chi connectivity index (χ1) is 21.8. The van der Waals surface area contributed by atoms with Gasteiger partial charge in [-0.2, -0.15) is 0 Å². The highest BCUT2D eigenvalue weighted by molar-refractivity contribution is 6.27. The molecule has 0 aromatic rings. The maximum atomic E-state index is 12.1. The van der Waals surface area contributed by atoms with Crippen LogP contribution in [0.3, 0.4) is 0 Å². The zero-order chi connectivity index (χ0) is 35.8. The number of nitrogens with one attached hydrogen (secondary N) is 3. The summed E-state index contributed by atoms with van der Waals surface area (Å²) in [7, 11) is 3.24. The first-order valence-corrected chi connectivity index (χ1v) is 15.1. The molecule has 1 aliphatic carbocycles. The van der Waals surface area contributed by atoms with Crippen molar-refractivity contribution in [2.24, 2.45) is 5.73 Å². The second kappa shape index (κ2) is 17.4. The summed E-state index contributed by atoms with van der Waals surface area (Å²) in [6, 6.07) is -2.87. The molecule has 2 saturated heterocycles. The van der Waals surface area contributed by atoms with E-state index in [2.05, 4.69) is 16.0 Å². The van der Waals surface area contributed by atoms with Gasteiger partial charge in [0.2, 0.25) is 17.7 Å². The van der Waals surface area contributed by atoms with Gasteiger partial charge in [0.05, 0.1) is 30.8 Å². The molecule has 3 fully saturated rings. The van der Waals surface area contributed by atoms with E-state index >= 15 is 0 Å². The van der Waals surface area contributed by atoms with E-state index in [1.54, 1.807) is 14.1 Å². The number of aliphatic carboxylic acids is 2. The van der Waals surface area contributed by atoms with Gasteiger partial charge >= 0.3 is 11.9 Å². The first-order valence-electron chi connectivity index (χ1n) is 15.1. The third-order valence-electron chi connectivity index (χ3n) is 8.17. The number of carbonyl (C=O) groups is 5. The van der Waals surface area contributed by atoms with E-state index in [0.717, 1.165) is 0 Å². The van der Waals surface area contributed by atoms with E-state index in [9.17, 15) is 29.7 Å². The molecular weight excluding hydrogens is 630 g/mol. The van der Waals surface area contributed by atoms with E-state index in [-0.39, 0.29) is 30.7 Å². The van der Waals surface area contributed by atoms with Gasteiger partial charge in [-0.05, 0) is 33.2 Å². The minimum absolute atomic E-state index is 0.133. The lowest BCUT2D eigenvalue weighted by molar-refractivity contribution is -0.308. The van der Waals surface area contributed by atoms with Crippen molar-refractivity contribution in [1.29, 1.82) is 0 Å². The van der Waals surface area contributed by atoms with Crippen LogP contribution in [0.5, 0.6) is 0 Å². The molecule has 2 heterocycles. The fraction of sp³-hybridized carbons (Fsp3) is 0.821. The van der Waals surface area contributed by atoms with Crippen molar-refractivity contribution in [2.45, 2.75) is 120 Å². The van der Waals surface area contributed by atoms with Gasteiger partial charge in [-0.3, -0.25) is 14.4 Å². The lowest BCUT2D eigenvalue weighted by Crippen LogP contribution is -2.69. The summed E-state index contributed by atoms with van der Waals surface area (Å²) in [6.07, 6.45) is -6.34. The Labute approximate surface area is 272 Å². The van der Waals surface area contributed by atoms with Crippen LogP contribution in [0, 0.1) is 0 Å². The van der Waals surface area contributed by atoms with Gasteiger partial charge in [-0.1, -0.05) is 0 Å². The Balaban J connectivity index is 0.00000117. The van der Waals surface area contributed by atoms with Crippen molar-refractivity contribution in [2.75, 3.05) is 27.2 Å². The molecule has 3 amide bonds. The zero-order valence-corrected chi connectivity index (χ0v) is 27.3. The molecule has 19 heteroatoms. The summed E-state index contributed by atoms with van der Waals surface area (Å²) >= 11 is 0. The summed E-state index contributed by atoms with van der Waals surface area (Å²) in [5.74, 6) is -4.44. The number of carbonyl (C=O) groups excluding carboxylic acids is 3. The van der Waals surface area contributed by atoms with Gasteiger partial charge in [0.15, 0.2) is 12.6 Å². The molecule has 19 nitrogen and oxygen atoms in total. The molecule has 270 valence electrons. The van der Waals surface area contributed by atoms with Gasteiger partial charge in [0.25, 0.3) is 0 Å². The fourth-order valence-corrected chi connectivity index (χ4v) is 5.82. The minimum atomic E-state index is -1.82. The number of nitrogens with two attached hydrogens (primary N) is 1. The topological polar surface area (TPSA) is 289 Å². The highest BCUT2D eigenvalue weighted by Crippen LogP contribution is 2.32. The Bertz CT molecular complexity index is 1100. The molecule has 12 atom stereocenters. The van der Waals surface area contributed by atoms with Crippen LogP contribution in [0.15, 0.2) is 0 Å². The Morgan fingerprint density at radius 1 is 0.915 bits per heavy atom. The van der Waals surface area contributed by atoms with Crippen LogP contribution in [0.1, 0.15) is 47.0 Å². The highest BCUT2D eigenvalue weighted by Gasteiger charge is 2.51. The van der Waals surface area contributed by atoms with Crippen molar-refractivity contribution >= 4 is 29.7 Å². The number of rotatable bonds is 9. The smallest absolute Gasteiger partial charge is 0.414 e. The molecular formula is C28H49N5O14. The first kappa shape index (κ1) is 40.2. The number of aliphatic hydroxyl groups excluding tert-OH is 2. The molecule has 0 aromatic carbocycles. The highest BCUT2D eigenvalue weighted by atomic mass is 16.7. The van der Waals surface area contributed by atoms with E-state index in [0.29, 0.717) is 19.4 Å². The third kappa shape index (κ3) is 11.3. The number of carboxylic acid groups (broad SMARTS) is 2. The van der Waals surface area contributed by atoms with Crippen LogP contribution in [0.4, 0.5) is 0 Å². The summed E-state index contributed by atoms with van der Waals surface area (Å²) < 4.78 is 24.1. The maximum absolute atomic E-state index is 12.1. The number of ether oxygens (including phenoxy) is 4. The zero-order valence-electron chi connectivity index (χ0n) is 27.3. The van der Waals surface area contributed by atoms with Crippen LogP contribution in [0.25, 0.3) is 0 Å². The normalized spacial score (nSPS) is 37.0. The van der Waals surface area contributed by atoms with Crippen LogP contribution >= 0.6 is 0 Å². The molecule has 0 bridgehead atoms. The summed E-state index contributed by atoms with van der Waals surface area (Å²) in [5.41, 5.74) is 5.03. The van der Waals surface area contributed by atoms with E-state index < -0.39 is 84.8 Å². The Kier molecular flexibility index (Phi) is 14.9. The maximum Gasteiger partial charge on any atom is 0.414 e. The molecule has 47 heavy (non-hydrogen) atoms. The fourth-order valence-electron chi connectivity index (χ4n) is 5.82. The Morgan fingerprint density at radius 2 is 1.47 bits per heavy atom. The number of nitrogens with zero attached hydrogens (tertiary/aromatic N) is 1. The quantitative estimate of drug-likeness (QED) is 0.105. The molecule has 10 N–H and O–H groups in total. The van der Waals surface area contributed by atoms with Crippen LogP contribution in [-0.4, -0.2) is 160 Å². The molecule has 2 aliphatic heterocycles.